The topological polar surface area (TPSA) is 7.68 Å². The van der Waals surface area contributed by atoms with Crippen molar-refractivity contribution in [2.45, 2.75) is 71.0 Å². The summed E-state index contributed by atoms with van der Waals surface area (Å²) < 4.78 is 0. The maximum atomic E-state index is 2.80. The second kappa shape index (κ2) is 5.50. The molecule has 3 aliphatic rings. The number of nitrogens with zero attached hydrogens (tertiary/aromatic N) is 1. The molecule has 0 radical (unpaired) electrons. The highest BCUT2D eigenvalue weighted by Crippen LogP contribution is 2.25. The number of hydrogen-bond donors (Lipinski definition) is 1. The lowest BCUT2D eigenvalue weighted by Crippen LogP contribution is -3.18. The van der Waals surface area contributed by atoms with Gasteiger partial charge in [0.15, 0.2) is 0 Å². The number of fused-ring (bicyclic) bond motifs is 1. The normalized spacial score (nSPS) is 43.0. The largest absolute Gasteiger partial charge is 0.316 e. The van der Waals surface area contributed by atoms with Crippen molar-refractivity contribution in [2.24, 2.45) is 11.8 Å². The third-order valence-corrected chi connectivity index (χ3v) is 5.81. The molecule has 0 spiro atoms. The van der Waals surface area contributed by atoms with Gasteiger partial charge in [0.2, 0.25) is 0 Å². The Morgan fingerprint density at radius 2 is 1.78 bits per heavy atom. The molecule has 0 aromatic heterocycles. The summed E-state index contributed by atoms with van der Waals surface area (Å²) >= 11 is 0. The van der Waals surface area contributed by atoms with E-state index in [2.05, 4.69) is 18.7 Å². The zero-order chi connectivity index (χ0) is 12.5. The van der Waals surface area contributed by atoms with E-state index in [-0.39, 0.29) is 0 Å². The minimum Gasteiger partial charge on any atom is -0.316 e. The van der Waals surface area contributed by atoms with Gasteiger partial charge >= 0.3 is 0 Å². The van der Waals surface area contributed by atoms with Gasteiger partial charge in [-0.05, 0) is 32.6 Å². The highest BCUT2D eigenvalue weighted by atomic mass is 15.4. The van der Waals surface area contributed by atoms with Gasteiger partial charge in [-0.1, -0.05) is 26.2 Å². The quantitative estimate of drug-likeness (QED) is 0.788. The van der Waals surface area contributed by atoms with Gasteiger partial charge < -0.3 is 4.90 Å². The van der Waals surface area contributed by atoms with Crippen LogP contribution in [0.4, 0.5) is 0 Å². The number of hydrogen-bond acceptors (Lipinski definition) is 1. The lowest BCUT2D eigenvalue weighted by Gasteiger charge is -2.38. The summed E-state index contributed by atoms with van der Waals surface area (Å²) in [7, 11) is 0. The zero-order valence-corrected chi connectivity index (χ0v) is 12.3. The summed E-state index contributed by atoms with van der Waals surface area (Å²) in [4.78, 5) is 4.74. The minimum absolute atomic E-state index is 0.857. The Morgan fingerprint density at radius 3 is 2.56 bits per heavy atom. The molecule has 3 fully saturated rings. The summed E-state index contributed by atoms with van der Waals surface area (Å²) in [5.41, 5.74) is 0. The van der Waals surface area contributed by atoms with Gasteiger partial charge in [0.05, 0.1) is 19.1 Å². The van der Waals surface area contributed by atoms with Gasteiger partial charge in [-0.25, -0.2) is 4.90 Å². The fourth-order valence-electron chi connectivity index (χ4n) is 4.89. The van der Waals surface area contributed by atoms with Crippen LogP contribution < -0.4 is 4.90 Å². The smallest absolute Gasteiger partial charge is 0.146 e. The molecule has 0 aromatic carbocycles. The molecule has 0 aromatic rings. The van der Waals surface area contributed by atoms with Crippen molar-refractivity contribution < 1.29 is 4.90 Å². The molecule has 4 unspecified atom stereocenters. The van der Waals surface area contributed by atoms with Gasteiger partial charge in [0, 0.05) is 18.4 Å². The van der Waals surface area contributed by atoms with E-state index in [1.54, 1.807) is 0 Å². The van der Waals surface area contributed by atoms with E-state index < -0.39 is 0 Å². The molecule has 1 N–H and O–H groups in total. The monoisotopic (exact) mass is 251 g/mol. The molecule has 2 saturated heterocycles. The molecular weight excluding hydrogens is 220 g/mol. The van der Waals surface area contributed by atoms with E-state index in [1.165, 1.54) is 64.6 Å². The van der Waals surface area contributed by atoms with Crippen molar-refractivity contribution in [3.63, 3.8) is 0 Å². The molecule has 1 saturated carbocycles. The van der Waals surface area contributed by atoms with Gasteiger partial charge in [-0.15, -0.1) is 0 Å². The van der Waals surface area contributed by atoms with Gasteiger partial charge in [-0.2, -0.15) is 0 Å². The minimum atomic E-state index is 0.857. The SMILES string of the molecule is CC1CCCN2CC(C)[NH+](CC3CCCCC3)C12. The summed E-state index contributed by atoms with van der Waals surface area (Å²) in [5, 5.41) is 0. The number of piperidine rings is 1. The second-order valence-corrected chi connectivity index (χ2v) is 7.24. The van der Waals surface area contributed by atoms with Crippen molar-refractivity contribution in [1.29, 1.82) is 0 Å². The van der Waals surface area contributed by atoms with E-state index in [0.717, 1.165) is 24.0 Å². The average molecular weight is 251 g/mol. The molecule has 2 nitrogen and oxygen atoms in total. The van der Waals surface area contributed by atoms with Crippen molar-refractivity contribution in [3.8, 4) is 0 Å². The fraction of sp³-hybridized carbons (Fsp3) is 1.00. The highest BCUT2D eigenvalue weighted by Gasteiger charge is 2.46. The van der Waals surface area contributed by atoms with Crippen molar-refractivity contribution >= 4 is 0 Å². The first-order chi connectivity index (χ1) is 8.75. The first kappa shape index (κ1) is 12.9. The predicted molar refractivity (Wildman–Crippen MR) is 75.6 cm³/mol. The standard InChI is InChI=1S/C16H30N2/c1-13-7-6-10-17-11-14(2)18(16(13)17)12-15-8-4-3-5-9-15/h13-16H,3-12H2,1-2H3/p+1. The van der Waals surface area contributed by atoms with Crippen molar-refractivity contribution in [3.05, 3.63) is 0 Å². The summed E-state index contributed by atoms with van der Waals surface area (Å²) in [6, 6.07) is 0.873. The molecule has 104 valence electrons. The van der Waals surface area contributed by atoms with Crippen LogP contribution in [-0.4, -0.2) is 36.7 Å². The third kappa shape index (κ3) is 2.46. The third-order valence-electron chi connectivity index (χ3n) is 5.81. The van der Waals surface area contributed by atoms with Crippen LogP contribution in [0.15, 0.2) is 0 Å². The summed E-state index contributed by atoms with van der Waals surface area (Å²) in [5.74, 6) is 1.95. The Kier molecular flexibility index (Phi) is 3.95. The maximum Gasteiger partial charge on any atom is 0.146 e. The Hall–Kier alpha value is -0.0800. The van der Waals surface area contributed by atoms with Crippen LogP contribution in [0.1, 0.15) is 58.8 Å². The second-order valence-electron chi connectivity index (χ2n) is 7.24. The van der Waals surface area contributed by atoms with Crippen LogP contribution in [0.5, 0.6) is 0 Å². The van der Waals surface area contributed by atoms with E-state index in [4.69, 9.17) is 0 Å². The molecule has 1 aliphatic carbocycles. The number of nitrogens with one attached hydrogen (secondary N) is 1. The number of rotatable bonds is 2. The molecular formula is C16H31N2+. The lowest BCUT2D eigenvalue weighted by atomic mass is 9.88. The van der Waals surface area contributed by atoms with Crippen LogP contribution in [0.3, 0.4) is 0 Å². The fourth-order valence-corrected chi connectivity index (χ4v) is 4.89. The molecule has 2 heterocycles. The van der Waals surface area contributed by atoms with Crippen LogP contribution in [0, 0.1) is 11.8 Å². The average Bonchev–Trinajstić information content (AvgIpc) is 2.69. The predicted octanol–water partition coefficient (Wildman–Crippen LogP) is 1.91. The van der Waals surface area contributed by atoms with E-state index in [1.807, 2.05) is 4.90 Å². The number of quaternary nitrogens is 1. The van der Waals surface area contributed by atoms with Crippen LogP contribution in [-0.2, 0) is 0 Å². The van der Waals surface area contributed by atoms with E-state index in [9.17, 15) is 0 Å². The maximum absolute atomic E-state index is 2.80. The lowest BCUT2D eigenvalue weighted by molar-refractivity contribution is -0.946. The highest BCUT2D eigenvalue weighted by molar-refractivity contribution is 4.82. The molecule has 0 bridgehead atoms. The van der Waals surface area contributed by atoms with Gasteiger partial charge in [-0.3, -0.25) is 0 Å². The van der Waals surface area contributed by atoms with E-state index >= 15 is 0 Å². The van der Waals surface area contributed by atoms with E-state index in [0.29, 0.717) is 0 Å². The Labute approximate surface area is 113 Å². The van der Waals surface area contributed by atoms with Crippen LogP contribution in [0.25, 0.3) is 0 Å². The molecule has 4 atom stereocenters. The zero-order valence-electron chi connectivity index (χ0n) is 12.3. The molecule has 18 heavy (non-hydrogen) atoms. The first-order valence-corrected chi connectivity index (χ1v) is 8.35. The molecule has 2 heteroatoms. The summed E-state index contributed by atoms with van der Waals surface area (Å²) in [6.45, 7) is 9.18. The first-order valence-electron chi connectivity index (χ1n) is 8.35. The molecule has 3 rings (SSSR count). The van der Waals surface area contributed by atoms with Crippen LogP contribution in [0.2, 0.25) is 0 Å². The van der Waals surface area contributed by atoms with Crippen LogP contribution >= 0.6 is 0 Å². The molecule has 0 amide bonds. The Morgan fingerprint density at radius 1 is 1.00 bits per heavy atom. The summed E-state index contributed by atoms with van der Waals surface area (Å²) in [6.07, 6.45) is 11.3. The molecule has 2 aliphatic heterocycles. The van der Waals surface area contributed by atoms with Gasteiger partial charge in [0.1, 0.15) is 6.17 Å². The Balaban J connectivity index is 1.65. The van der Waals surface area contributed by atoms with Crippen molar-refractivity contribution in [2.75, 3.05) is 19.6 Å². The van der Waals surface area contributed by atoms with Crippen molar-refractivity contribution in [1.82, 2.24) is 4.90 Å². The Bertz CT molecular complexity index is 272. The van der Waals surface area contributed by atoms with Gasteiger partial charge in [0.25, 0.3) is 0 Å².